The monoisotopic (exact) mass is 444 g/mol. The van der Waals surface area contributed by atoms with Gasteiger partial charge in [-0.15, -0.1) is 0 Å². The van der Waals surface area contributed by atoms with Crippen LogP contribution in [0.25, 0.3) is 0 Å². The van der Waals surface area contributed by atoms with Crippen molar-refractivity contribution in [3.63, 3.8) is 0 Å². The number of barbiturate groups is 1. The second kappa shape index (κ2) is 8.78. The van der Waals surface area contributed by atoms with E-state index in [1.807, 2.05) is 0 Å². The maximum Gasteiger partial charge on any atom is 0.333 e. The number of amides is 4. The van der Waals surface area contributed by atoms with Gasteiger partial charge in [-0.3, -0.25) is 19.4 Å². The summed E-state index contributed by atoms with van der Waals surface area (Å²) in [6, 6.07) is 2.98. The molecule has 0 saturated carbocycles. The average molecular weight is 444 g/mol. The summed E-state index contributed by atoms with van der Waals surface area (Å²) in [4.78, 5) is 37.4. The molecule has 1 aliphatic heterocycles. The van der Waals surface area contributed by atoms with Crippen LogP contribution in [0.2, 0.25) is 0 Å². The van der Waals surface area contributed by atoms with Crippen LogP contribution in [0.3, 0.4) is 0 Å². The van der Waals surface area contributed by atoms with Crippen LogP contribution in [0.5, 0.6) is 0 Å². The Balaban J connectivity index is 1.76. The molecule has 1 fully saturated rings. The number of imide groups is 2. The van der Waals surface area contributed by atoms with Gasteiger partial charge in [-0.2, -0.15) is 0 Å². The van der Waals surface area contributed by atoms with Gasteiger partial charge in [0.2, 0.25) is 11.8 Å². The molecule has 3 rings (SSSR count). The highest BCUT2D eigenvalue weighted by Crippen LogP contribution is 2.26. The third kappa shape index (κ3) is 4.70. The topological polar surface area (TPSA) is 57.7 Å². The fourth-order valence-corrected chi connectivity index (χ4v) is 2.98. The minimum atomic E-state index is -2.11. The molecule has 5 nitrogen and oxygen atoms in total. The molecule has 0 spiro atoms. The minimum Gasteiger partial charge on any atom is -0.274 e. The number of carbonyl (C=O) groups excluding carboxylic acids is 3. The molecule has 1 saturated heterocycles. The van der Waals surface area contributed by atoms with E-state index < -0.39 is 73.0 Å². The molecule has 2 aromatic carbocycles. The molecule has 0 N–H and O–H groups in total. The first-order chi connectivity index (χ1) is 14.6. The largest absolute Gasteiger partial charge is 0.333 e. The lowest BCUT2D eigenvalue weighted by atomic mass is 10.1. The molecule has 164 valence electrons. The summed E-state index contributed by atoms with van der Waals surface area (Å²) in [6.07, 6.45) is -5.07. The predicted octanol–water partition coefficient (Wildman–Crippen LogP) is 4.15. The Hall–Kier alpha value is -3.37. The molecule has 1 heterocycles. The molecule has 0 aromatic heterocycles. The molecular weight excluding hydrogens is 430 g/mol. The Labute approximate surface area is 171 Å². The summed E-state index contributed by atoms with van der Waals surface area (Å²) in [5.41, 5.74) is -0.707. The molecular formula is C20H14F6N2O3. The molecule has 2 aromatic rings. The van der Waals surface area contributed by atoms with Crippen LogP contribution in [0, 0.1) is 23.3 Å². The molecule has 4 amide bonds. The number of hydrogen-bond donors (Lipinski definition) is 0. The standard InChI is InChI=1S/C20H14F6N2O3/c21-12-3-1-10(5-14(12)23)16(25)8-27-18(29)7-19(30)28(20(27)31)9-17(26)11-2-4-13(22)15(24)6-11/h1-6,16-17H,7-9H2/t16-,17+. The van der Waals surface area contributed by atoms with E-state index >= 15 is 0 Å². The molecule has 0 unspecified atom stereocenters. The zero-order valence-electron chi connectivity index (χ0n) is 15.6. The van der Waals surface area contributed by atoms with Crippen molar-refractivity contribution in [2.24, 2.45) is 0 Å². The maximum atomic E-state index is 14.5. The lowest BCUT2D eigenvalue weighted by Crippen LogP contribution is -2.56. The average Bonchev–Trinajstić information content (AvgIpc) is 2.72. The van der Waals surface area contributed by atoms with Gasteiger partial charge in [-0.05, 0) is 35.4 Å². The highest BCUT2D eigenvalue weighted by atomic mass is 19.2. The number of alkyl halides is 2. The van der Waals surface area contributed by atoms with Gasteiger partial charge in [0.05, 0.1) is 13.1 Å². The first-order valence-electron chi connectivity index (χ1n) is 8.91. The normalized spacial score (nSPS) is 16.6. The number of rotatable bonds is 6. The van der Waals surface area contributed by atoms with E-state index in [9.17, 15) is 40.7 Å². The predicted molar refractivity (Wildman–Crippen MR) is 93.9 cm³/mol. The van der Waals surface area contributed by atoms with E-state index in [-0.39, 0.29) is 11.1 Å². The number of hydrogen-bond acceptors (Lipinski definition) is 3. The van der Waals surface area contributed by atoms with Crippen molar-refractivity contribution < 1.29 is 40.7 Å². The molecule has 1 aliphatic rings. The summed E-state index contributed by atoms with van der Waals surface area (Å²) in [6.45, 7) is -1.84. The van der Waals surface area contributed by atoms with Gasteiger partial charge in [0.25, 0.3) is 0 Å². The van der Waals surface area contributed by atoms with Crippen molar-refractivity contribution in [2.75, 3.05) is 13.1 Å². The first-order valence-corrected chi connectivity index (χ1v) is 8.91. The van der Waals surface area contributed by atoms with Crippen molar-refractivity contribution in [1.29, 1.82) is 0 Å². The van der Waals surface area contributed by atoms with Gasteiger partial charge in [0.1, 0.15) is 18.8 Å². The Morgan fingerprint density at radius 1 is 0.677 bits per heavy atom. The minimum absolute atomic E-state index is 0.352. The molecule has 0 radical (unpaired) electrons. The van der Waals surface area contributed by atoms with Crippen molar-refractivity contribution in [1.82, 2.24) is 9.80 Å². The maximum absolute atomic E-state index is 14.5. The molecule has 0 aliphatic carbocycles. The second-order valence-electron chi connectivity index (χ2n) is 6.75. The van der Waals surface area contributed by atoms with Gasteiger partial charge in [-0.1, -0.05) is 12.1 Å². The van der Waals surface area contributed by atoms with Gasteiger partial charge >= 0.3 is 6.03 Å². The number of carbonyl (C=O) groups is 3. The van der Waals surface area contributed by atoms with Gasteiger partial charge in [0, 0.05) is 0 Å². The van der Waals surface area contributed by atoms with E-state index in [1.165, 1.54) is 0 Å². The van der Waals surface area contributed by atoms with E-state index in [2.05, 4.69) is 0 Å². The van der Waals surface area contributed by atoms with E-state index in [4.69, 9.17) is 0 Å². The quantitative estimate of drug-likeness (QED) is 0.497. The van der Waals surface area contributed by atoms with Crippen LogP contribution < -0.4 is 0 Å². The third-order valence-electron chi connectivity index (χ3n) is 4.66. The van der Waals surface area contributed by atoms with Crippen LogP contribution >= 0.6 is 0 Å². The molecule has 0 bridgehead atoms. The van der Waals surface area contributed by atoms with E-state index in [1.54, 1.807) is 0 Å². The highest BCUT2D eigenvalue weighted by molar-refractivity contribution is 6.14. The summed E-state index contributed by atoms with van der Waals surface area (Å²) in [7, 11) is 0. The first kappa shape index (κ1) is 22.3. The van der Waals surface area contributed by atoms with Crippen LogP contribution in [0.4, 0.5) is 31.1 Å². The van der Waals surface area contributed by atoms with E-state index in [0.29, 0.717) is 34.1 Å². The lowest BCUT2D eigenvalue weighted by Gasteiger charge is -2.34. The van der Waals surface area contributed by atoms with Gasteiger partial charge < -0.3 is 0 Å². The lowest BCUT2D eigenvalue weighted by molar-refractivity contribution is -0.143. The number of urea groups is 1. The van der Waals surface area contributed by atoms with Crippen LogP contribution in [-0.4, -0.2) is 40.7 Å². The van der Waals surface area contributed by atoms with Crippen molar-refractivity contribution in [3.8, 4) is 0 Å². The molecule has 2 atom stereocenters. The van der Waals surface area contributed by atoms with Gasteiger partial charge in [0.15, 0.2) is 23.3 Å². The summed E-state index contributed by atoms with van der Waals surface area (Å²) in [5, 5.41) is 0. The zero-order chi connectivity index (χ0) is 22.9. The smallest absolute Gasteiger partial charge is 0.274 e. The van der Waals surface area contributed by atoms with Crippen molar-refractivity contribution in [2.45, 2.75) is 18.8 Å². The fourth-order valence-electron chi connectivity index (χ4n) is 2.98. The number of benzene rings is 2. The van der Waals surface area contributed by atoms with Crippen LogP contribution in [-0.2, 0) is 9.59 Å². The molecule has 31 heavy (non-hydrogen) atoms. The summed E-state index contributed by atoms with van der Waals surface area (Å²) in [5.74, 6) is -7.22. The van der Waals surface area contributed by atoms with E-state index in [0.717, 1.165) is 12.1 Å². The molecule has 11 heteroatoms. The number of nitrogens with zero attached hydrogens (tertiary/aromatic N) is 2. The highest BCUT2D eigenvalue weighted by Gasteiger charge is 2.40. The zero-order valence-corrected chi connectivity index (χ0v) is 15.6. The third-order valence-corrected chi connectivity index (χ3v) is 4.66. The Morgan fingerprint density at radius 3 is 1.42 bits per heavy atom. The SMILES string of the molecule is O=C1CC(=O)N(C[C@H](F)c2ccc(F)c(F)c2)C(=O)N1C[C@@H](F)c1ccc(F)c(F)c1. The Kier molecular flexibility index (Phi) is 6.32. The fraction of sp³-hybridized carbons (Fsp3) is 0.250. The summed E-state index contributed by atoms with van der Waals surface area (Å²) < 4.78 is 81.7. The van der Waals surface area contributed by atoms with Crippen LogP contribution in [0.1, 0.15) is 29.9 Å². The van der Waals surface area contributed by atoms with Gasteiger partial charge in [-0.25, -0.2) is 31.1 Å². The Bertz CT molecular complexity index is 968. The number of halogens is 6. The van der Waals surface area contributed by atoms with Crippen LogP contribution in [0.15, 0.2) is 36.4 Å². The Morgan fingerprint density at radius 2 is 1.06 bits per heavy atom. The van der Waals surface area contributed by atoms with Crippen molar-refractivity contribution >= 4 is 17.8 Å². The second-order valence-corrected chi connectivity index (χ2v) is 6.75. The van der Waals surface area contributed by atoms with Crippen molar-refractivity contribution in [3.05, 3.63) is 70.8 Å². The summed E-state index contributed by atoms with van der Waals surface area (Å²) >= 11 is 0.